The van der Waals surface area contributed by atoms with Gasteiger partial charge in [-0.1, -0.05) is 35.7 Å². The molecule has 0 aliphatic heterocycles. The molecule has 10 heavy (non-hydrogen) atoms. The average molecular weight is 274 g/mol. The van der Waals surface area contributed by atoms with Crippen LogP contribution in [-0.4, -0.2) is 10.8 Å². The Kier molecular flexibility index (Phi) is 6.43. The molecule has 0 heterocycles. The van der Waals surface area contributed by atoms with Crippen LogP contribution < -0.4 is 0 Å². The van der Waals surface area contributed by atoms with Gasteiger partial charge >= 0.3 is 5.97 Å². The second-order valence-electron chi connectivity index (χ2n) is 2.01. The molecule has 0 amide bonds. The molecule has 0 aromatic heterocycles. The SMILES string of the molecule is CCCCC(Br)C(=O)OBr. The highest BCUT2D eigenvalue weighted by atomic mass is 79.9. The van der Waals surface area contributed by atoms with E-state index >= 15 is 0 Å². The van der Waals surface area contributed by atoms with Gasteiger partial charge in [0.1, 0.15) is 4.83 Å². The fourth-order valence-electron chi connectivity index (χ4n) is 0.550. The van der Waals surface area contributed by atoms with Gasteiger partial charge in [-0.15, -0.1) is 0 Å². The molecule has 0 fully saturated rings. The third kappa shape index (κ3) is 4.28. The van der Waals surface area contributed by atoms with Crippen molar-refractivity contribution in [1.29, 1.82) is 0 Å². The first-order valence-corrected chi connectivity index (χ1v) is 4.75. The Hall–Kier alpha value is 0.430. The van der Waals surface area contributed by atoms with Crippen molar-refractivity contribution in [2.24, 2.45) is 0 Å². The summed E-state index contributed by atoms with van der Waals surface area (Å²) in [5.41, 5.74) is 0. The van der Waals surface area contributed by atoms with E-state index in [-0.39, 0.29) is 10.8 Å². The third-order valence-corrected chi connectivity index (χ3v) is 2.29. The molecule has 0 aliphatic carbocycles. The third-order valence-electron chi connectivity index (χ3n) is 1.14. The number of hydrogen-bond acceptors (Lipinski definition) is 2. The van der Waals surface area contributed by atoms with Gasteiger partial charge in [-0.2, -0.15) is 0 Å². The summed E-state index contributed by atoms with van der Waals surface area (Å²) in [6.07, 6.45) is 2.97. The van der Waals surface area contributed by atoms with E-state index in [1.807, 2.05) is 0 Å². The Balaban J connectivity index is 3.41. The van der Waals surface area contributed by atoms with E-state index in [2.05, 4.69) is 42.9 Å². The highest BCUT2D eigenvalue weighted by Crippen LogP contribution is 2.12. The zero-order valence-electron chi connectivity index (χ0n) is 5.77. The van der Waals surface area contributed by atoms with Crippen LogP contribution in [0.5, 0.6) is 0 Å². The Morgan fingerprint density at radius 2 is 2.30 bits per heavy atom. The van der Waals surface area contributed by atoms with Gasteiger partial charge in [0.15, 0.2) is 16.3 Å². The van der Waals surface area contributed by atoms with Crippen molar-refractivity contribution in [2.75, 3.05) is 0 Å². The maximum atomic E-state index is 10.7. The summed E-state index contributed by atoms with van der Waals surface area (Å²) < 4.78 is 4.34. The largest absolute Gasteiger partial charge is 0.383 e. The van der Waals surface area contributed by atoms with Crippen molar-refractivity contribution < 1.29 is 8.62 Å². The number of unbranched alkanes of at least 4 members (excludes halogenated alkanes) is 1. The Labute approximate surface area is 77.9 Å². The Morgan fingerprint density at radius 3 is 2.70 bits per heavy atom. The standard InChI is InChI=1S/C6H10Br2O2/c1-2-3-4-5(7)6(9)10-8/h5H,2-4H2,1H3. The van der Waals surface area contributed by atoms with Crippen LogP contribution in [0.15, 0.2) is 0 Å². The van der Waals surface area contributed by atoms with Crippen LogP contribution in [0, 0.1) is 0 Å². The average Bonchev–Trinajstić information content (AvgIpc) is 1.98. The zero-order chi connectivity index (χ0) is 7.98. The summed E-state index contributed by atoms with van der Waals surface area (Å²) in [5.74, 6) is -0.256. The maximum absolute atomic E-state index is 10.7. The molecular weight excluding hydrogens is 264 g/mol. The Morgan fingerprint density at radius 1 is 1.70 bits per heavy atom. The molecule has 0 rings (SSSR count). The smallest absolute Gasteiger partial charge is 0.331 e. The van der Waals surface area contributed by atoms with E-state index in [0.717, 1.165) is 19.3 Å². The second kappa shape index (κ2) is 6.16. The predicted molar refractivity (Wildman–Crippen MR) is 47.3 cm³/mol. The summed E-state index contributed by atoms with van der Waals surface area (Å²) >= 11 is 5.83. The molecule has 0 spiro atoms. The molecule has 1 unspecified atom stereocenters. The van der Waals surface area contributed by atoms with E-state index in [0.29, 0.717) is 0 Å². The first-order chi connectivity index (χ1) is 4.72. The lowest BCUT2D eigenvalue weighted by Gasteiger charge is -2.03. The maximum Gasteiger partial charge on any atom is 0.331 e. The van der Waals surface area contributed by atoms with Crippen molar-refractivity contribution in [3.05, 3.63) is 0 Å². The summed E-state index contributed by atoms with van der Waals surface area (Å²) in [6.45, 7) is 2.08. The molecule has 0 aromatic rings. The molecule has 2 nitrogen and oxygen atoms in total. The Bertz CT molecular complexity index is 106. The lowest BCUT2D eigenvalue weighted by molar-refractivity contribution is -0.131. The van der Waals surface area contributed by atoms with Crippen LogP contribution in [0.4, 0.5) is 0 Å². The number of halogens is 2. The van der Waals surface area contributed by atoms with Gasteiger partial charge < -0.3 is 3.83 Å². The molecule has 0 bridgehead atoms. The van der Waals surface area contributed by atoms with Gasteiger partial charge in [0.25, 0.3) is 0 Å². The van der Waals surface area contributed by atoms with Crippen LogP contribution in [0.1, 0.15) is 26.2 Å². The summed E-state index contributed by atoms with van der Waals surface area (Å²) in [7, 11) is 0. The number of carbonyl (C=O) groups excluding carboxylic acids is 1. The van der Waals surface area contributed by atoms with E-state index in [4.69, 9.17) is 0 Å². The van der Waals surface area contributed by atoms with Crippen LogP contribution in [-0.2, 0) is 8.62 Å². The molecule has 0 saturated heterocycles. The van der Waals surface area contributed by atoms with Crippen molar-refractivity contribution in [3.8, 4) is 0 Å². The number of hydrogen-bond donors (Lipinski definition) is 0. The lowest BCUT2D eigenvalue weighted by Crippen LogP contribution is -2.12. The minimum absolute atomic E-state index is 0.160. The van der Waals surface area contributed by atoms with E-state index in [9.17, 15) is 4.79 Å². The highest BCUT2D eigenvalue weighted by molar-refractivity contribution is 9.10. The van der Waals surface area contributed by atoms with Crippen molar-refractivity contribution in [2.45, 2.75) is 31.0 Å². The van der Waals surface area contributed by atoms with Gasteiger partial charge in [-0.05, 0) is 6.42 Å². The molecule has 0 aliphatic rings. The quantitative estimate of drug-likeness (QED) is 0.737. The van der Waals surface area contributed by atoms with Crippen LogP contribution in [0.2, 0.25) is 0 Å². The van der Waals surface area contributed by atoms with Crippen LogP contribution in [0.3, 0.4) is 0 Å². The first kappa shape index (κ1) is 10.4. The van der Waals surface area contributed by atoms with Gasteiger partial charge in [0, 0.05) is 0 Å². The normalized spacial score (nSPS) is 12.7. The number of rotatable bonds is 4. The van der Waals surface area contributed by atoms with E-state index in [1.165, 1.54) is 0 Å². The molecule has 0 aromatic carbocycles. The van der Waals surface area contributed by atoms with Crippen molar-refractivity contribution in [3.63, 3.8) is 0 Å². The molecule has 0 N–H and O–H groups in total. The zero-order valence-corrected chi connectivity index (χ0v) is 8.94. The molecule has 0 saturated carbocycles. The molecular formula is C6H10Br2O2. The van der Waals surface area contributed by atoms with Gasteiger partial charge in [0.2, 0.25) is 0 Å². The molecule has 1 atom stereocenters. The van der Waals surface area contributed by atoms with Crippen LogP contribution in [0.25, 0.3) is 0 Å². The monoisotopic (exact) mass is 272 g/mol. The molecule has 0 radical (unpaired) electrons. The number of alkyl halides is 1. The minimum atomic E-state index is -0.256. The predicted octanol–water partition coefficient (Wildman–Crippen LogP) is 2.79. The molecule has 60 valence electrons. The summed E-state index contributed by atoms with van der Waals surface area (Å²) in [6, 6.07) is 0. The fraction of sp³-hybridized carbons (Fsp3) is 0.833. The minimum Gasteiger partial charge on any atom is -0.383 e. The van der Waals surface area contributed by atoms with Gasteiger partial charge in [-0.25, -0.2) is 4.79 Å². The van der Waals surface area contributed by atoms with Gasteiger partial charge in [-0.3, -0.25) is 0 Å². The molecule has 4 heteroatoms. The van der Waals surface area contributed by atoms with E-state index < -0.39 is 0 Å². The fourth-order valence-corrected chi connectivity index (χ4v) is 1.44. The topological polar surface area (TPSA) is 26.3 Å². The summed E-state index contributed by atoms with van der Waals surface area (Å²) in [5, 5.41) is 0. The van der Waals surface area contributed by atoms with Crippen LogP contribution >= 0.6 is 32.2 Å². The van der Waals surface area contributed by atoms with Gasteiger partial charge in [0.05, 0.1) is 0 Å². The van der Waals surface area contributed by atoms with Crippen molar-refractivity contribution in [1.82, 2.24) is 0 Å². The van der Waals surface area contributed by atoms with Crippen molar-refractivity contribution >= 4 is 38.2 Å². The highest BCUT2D eigenvalue weighted by Gasteiger charge is 2.14. The summed E-state index contributed by atoms with van der Waals surface area (Å²) in [4.78, 5) is 10.5. The lowest BCUT2D eigenvalue weighted by atomic mass is 10.2. The number of carbonyl (C=O) groups is 1. The first-order valence-electron chi connectivity index (χ1n) is 3.18. The second-order valence-corrected chi connectivity index (χ2v) is 3.44. The van der Waals surface area contributed by atoms with E-state index in [1.54, 1.807) is 0 Å².